The average molecular weight is 1210 g/mol. The Morgan fingerprint density at radius 1 is 0.323 bits per heavy atom. The normalized spacial score (nSPS) is 11.5. The molecule has 12 aromatic carbocycles. The Labute approximate surface area is 550 Å². The van der Waals surface area contributed by atoms with Crippen LogP contribution in [0.4, 0.5) is 22.7 Å². The van der Waals surface area contributed by atoms with Crippen LogP contribution in [0.1, 0.15) is 82.1 Å². The molecule has 1 heterocycles. The van der Waals surface area contributed by atoms with Gasteiger partial charge in [0.05, 0.1) is 46.5 Å². The van der Waals surface area contributed by atoms with Gasteiger partial charge >= 0.3 is 0 Å². The lowest BCUT2D eigenvalue weighted by Gasteiger charge is -2.29. The lowest BCUT2D eigenvalue weighted by atomic mass is 9.97. The third-order valence-corrected chi connectivity index (χ3v) is 17.4. The van der Waals surface area contributed by atoms with Crippen LogP contribution in [-0.4, -0.2) is 53.4 Å². The fourth-order valence-electron chi connectivity index (χ4n) is 12.5. The van der Waals surface area contributed by atoms with Crippen molar-refractivity contribution in [2.75, 3.05) is 73.0 Å². The number of nitrogens with zero attached hydrogens (tertiary/aromatic N) is 8. The summed E-state index contributed by atoms with van der Waals surface area (Å²) in [5.74, 6) is 0. The molecule has 0 amide bonds. The minimum Gasteiger partial charge on any atom is -0.378 e. The van der Waals surface area contributed by atoms with E-state index in [9.17, 15) is 21.0 Å². The molecule has 0 bridgehead atoms. The molecular weight excluding hydrogens is 1130 g/mol. The number of nitriles is 4. The zero-order chi connectivity index (χ0) is 65.1. The van der Waals surface area contributed by atoms with E-state index in [1.807, 2.05) is 111 Å². The maximum atomic E-state index is 9.34. The molecule has 8 nitrogen and oxygen atoms in total. The van der Waals surface area contributed by atoms with Gasteiger partial charge in [-0.05, 0) is 231 Å². The molecule has 12 aromatic rings. The smallest absolute Gasteiger partial charge is 0.0998 e. The van der Waals surface area contributed by atoms with E-state index in [-0.39, 0.29) is 0 Å². The van der Waals surface area contributed by atoms with Gasteiger partial charge in [-0.25, -0.2) is 0 Å². The molecule has 0 spiro atoms. The Kier molecular flexibility index (Phi) is 22.0. The zero-order valence-corrected chi connectivity index (χ0v) is 54.4. The van der Waals surface area contributed by atoms with Gasteiger partial charge in [-0.2, -0.15) is 21.0 Å². The largest absolute Gasteiger partial charge is 0.378 e. The van der Waals surface area contributed by atoms with Gasteiger partial charge in [-0.1, -0.05) is 159 Å². The van der Waals surface area contributed by atoms with Gasteiger partial charge in [0, 0.05) is 76.1 Å². The van der Waals surface area contributed by atoms with Crippen molar-refractivity contribution in [2.24, 2.45) is 0 Å². The molecule has 0 aliphatic carbocycles. The Balaban J connectivity index is 0.000000136. The van der Waals surface area contributed by atoms with E-state index in [4.69, 9.17) is 0 Å². The highest BCUT2D eigenvalue weighted by atomic mass is 15.1. The molecule has 0 N–H and O–H groups in total. The topological polar surface area (TPSA) is 108 Å². The second-order valence-corrected chi connectivity index (χ2v) is 23.7. The summed E-state index contributed by atoms with van der Waals surface area (Å²) in [5.41, 5.74) is 16.3. The Bertz CT molecular complexity index is 4730. The molecule has 0 saturated carbocycles. The first-order valence-corrected chi connectivity index (χ1v) is 32.6. The van der Waals surface area contributed by atoms with Crippen LogP contribution < -0.4 is 19.6 Å². The van der Waals surface area contributed by atoms with Gasteiger partial charge in [0.1, 0.15) is 0 Å². The van der Waals surface area contributed by atoms with Crippen LogP contribution in [0, 0.1) is 45.3 Å². The Hall–Kier alpha value is -11.2. The molecule has 460 valence electrons. The number of hydrogen-bond donors (Lipinski definition) is 0. The number of fused-ring (bicyclic) bond motifs is 4. The maximum absolute atomic E-state index is 9.34. The van der Waals surface area contributed by atoms with Crippen molar-refractivity contribution in [1.29, 1.82) is 21.0 Å². The minimum atomic E-state index is 0.710. The quantitative estimate of drug-likeness (QED) is 0.106. The lowest BCUT2D eigenvalue weighted by Crippen LogP contribution is -2.29. The molecule has 8 heteroatoms. The second kappa shape index (κ2) is 31.5. The number of benzene rings is 12. The molecule has 0 unspecified atom stereocenters. The second-order valence-electron chi connectivity index (χ2n) is 23.7. The third-order valence-electron chi connectivity index (χ3n) is 17.4. The van der Waals surface area contributed by atoms with Crippen molar-refractivity contribution >= 4 is 65.8 Å². The van der Waals surface area contributed by atoms with E-state index in [2.05, 4.69) is 217 Å². The highest BCUT2D eigenvalue weighted by Gasteiger charge is 2.14. The molecule has 1 aliphatic heterocycles. The average Bonchev–Trinajstić information content (AvgIpc) is 0.914. The summed E-state index contributed by atoms with van der Waals surface area (Å²) in [6.07, 6.45) is 6.25. The molecule has 13 rings (SSSR count). The van der Waals surface area contributed by atoms with E-state index in [0.29, 0.717) is 11.1 Å². The van der Waals surface area contributed by atoms with Gasteiger partial charge in [0.25, 0.3) is 0 Å². The van der Waals surface area contributed by atoms with Crippen LogP contribution in [0.2, 0.25) is 0 Å². The maximum Gasteiger partial charge on any atom is 0.0998 e. The van der Waals surface area contributed by atoms with Crippen molar-refractivity contribution < 1.29 is 0 Å². The summed E-state index contributed by atoms with van der Waals surface area (Å²) in [5, 5.41) is 46.9. The van der Waals surface area contributed by atoms with Crippen molar-refractivity contribution in [2.45, 2.75) is 59.8 Å². The van der Waals surface area contributed by atoms with Crippen LogP contribution >= 0.6 is 0 Å². The number of rotatable bonds is 14. The summed E-state index contributed by atoms with van der Waals surface area (Å²) >= 11 is 0. The van der Waals surface area contributed by atoms with Crippen LogP contribution in [-0.2, 0) is 0 Å². The van der Waals surface area contributed by atoms with Crippen LogP contribution in [0.3, 0.4) is 0 Å². The predicted octanol–water partition coefficient (Wildman–Crippen LogP) is 21.0. The van der Waals surface area contributed by atoms with E-state index < -0.39 is 0 Å². The van der Waals surface area contributed by atoms with Gasteiger partial charge in [0.2, 0.25) is 0 Å². The fraction of sp³-hybridized carbons (Fsp3) is 0.200. The molecule has 0 atom stereocenters. The molecule has 0 aromatic heterocycles. The molecular formula is C85H80N8. The summed E-state index contributed by atoms with van der Waals surface area (Å²) < 4.78 is 0. The first kappa shape index (κ1) is 64.8. The third kappa shape index (κ3) is 15.7. The number of anilines is 4. The molecule has 1 fully saturated rings. The van der Waals surface area contributed by atoms with Gasteiger partial charge in [-0.15, -0.1) is 0 Å². The van der Waals surface area contributed by atoms with E-state index in [1.54, 1.807) is 0 Å². The van der Waals surface area contributed by atoms with Crippen molar-refractivity contribution in [3.8, 4) is 68.8 Å². The standard InChI is InChI=1S/C23H24N2.C22H20N2.C21H20N2.C19H16N2/c1-3-13-25(14-4-2)22-12-11-18-15-20(10-9-19(18)16-22)23-8-6-5-7-21(23)17-24;23-16-20-6-2-3-7-22(20)19-9-8-18-15-21(11-10-17(18)14-19)24-12-4-1-5-13-24;1-3-23(4-2)20-12-11-16-13-18(10-9-17(16)14-20)21-8-6-5-7-19(21)15-22;1-21(2)18-10-9-14-11-16(8-7-15(14)12-18)19-6-4-3-5-17(19)13-20/h5-12,15-16H,3-4,13-14H2,1-2H3;2-3,6-11,14-15H,1,4-5,12-13H2;5-14H,3-4H2,1-2H3;3-12H,1-2H3. The zero-order valence-electron chi connectivity index (χ0n) is 54.4. The van der Waals surface area contributed by atoms with Crippen molar-refractivity contribution in [3.05, 3.63) is 265 Å². The lowest BCUT2D eigenvalue weighted by molar-refractivity contribution is 0.578. The van der Waals surface area contributed by atoms with E-state index in [0.717, 1.165) is 94.7 Å². The molecule has 0 radical (unpaired) electrons. The summed E-state index contributed by atoms with van der Waals surface area (Å²) in [6, 6.07) is 92.2. The fourth-order valence-corrected chi connectivity index (χ4v) is 12.5. The Morgan fingerprint density at radius 3 is 0.968 bits per heavy atom. The highest BCUT2D eigenvalue weighted by molar-refractivity contribution is 5.94. The molecule has 93 heavy (non-hydrogen) atoms. The van der Waals surface area contributed by atoms with E-state index >= 15 is 0 Å². The minimum absolute atomic E-state index is 0.710. The summed E-state index contributed by atoms with van der Waals surface area (Å²) in [4.78, 5) is 9.39. The van der Waals surface area contributed by atoms with Gasteiger partial charge in [-0.3, -0.25) is 0 Å². The SMILES string of the molecule is CCCN(CCC)c1ccc2cc(-c3ccccc3C#N)ccc2c1.CCN(CC)c1ccc2cc(-c3ccccc3C#N)ccc2c1.CN(C)c1ccc2cc(-c3ccccc3C#N)ccc2c1.N#Cc1ccccc1-c1ccc2cc(N3CCCCC3)ccc2c1. The van der Waals surface area contributed by atoms with Gasteiger partial charge in [0.15, 0.2) is 0 Å². The predicted molar refractivity (Wildman–Crippen MR) is 393 cm³/mol. The van der Waals surface area contributed by atoms with Crippen LogP contribution in [0.25, 0.3) is 87.6 Å². The van der Waals surface area contributed by atoms with Gasteiger partial charge < -0.3 is 19.6 Å². The van der Waals surface area contributed by atoms with Crippen molar-refractivity contribution in [1.82, 2.24) is 0 Å². The van der Waals surface area contributed by atoms with Crippen molar-refractivity contribution in [3.63, 3.8) is 0 Å². The van der Waals surface area contributed by atoms with Crippen LogP contribution in [0.5, 0.6) is 0 Å². The Morgan fingerprint density at radius 2 is 0.624 bits per heavy atom. The van der Waals surface area contributed by atoms with Crippen LogP contribution in [0.15, 0.2) is 243 Å². The molecule has 1 saturated heterocycles. The van der Waals surface area contributed by atoms with E-state index in [1.165, 1.54) is 98.2 Å². The number of hydrogen-bond acceptors (Lipinski definition) is 8. The summed E-state index contributed by atoms with van der Waals surface area (Å²) in [7, 11) is 4.08. The molecule has 1 aliphatic rings. The number of piperidine rings is 1. The summed E-state index contributed by atoms with van der Waals surface area (Å²) in [6.45, 7) is 15.3. The first-order valence-electron chi connectivity index (χ1n) is 32.6. The first-order chi connectivity index (χ1) is 45.6. The monoisotopic (exact) mass is 1210 g/mol. The highest BCUT2D eigenvalue weighted by Crippen LogP contribution is 2.35.